The van der Waals surface area contributed by atoms with Gasteiger partial charge in [0.2, 0.25) is 11.8 Å². The Hall–Kier alpha value is -2.67. The summed E-state index contributed by atoms with van der Waals surface area (Å²) in [6, 6.07) is 11.3. The van der Waals surface area contributed by atoms with E-state index in [0.717, 1.165) is 0 Å². The van der Waals surface area contributed by atoms with E-state index in [4.69, 9.17) is 4.74 Å². The van der Waals surface area contributed by atoms with E-state index in [0.29, 0.717) is 15.9 Å². The summed E-state index contributed by atoms with van der Waals surface area (Å²) in [6.07, 6.45) is 2.60. The molecular formula is C19H18BrFN2O3. The van der Waals surface area contributed by atoms with Crippen LogP contribution in [0.4, 0.5) is 10.1 Å². The van der Waals surface area contributed by atoms with Gasteiger partial charge < -0.3 is 15.0 Å². The molecule has 26 heavy (non-hydrogen) atoms. The molecular weight excluding hydrogens is 403 g/mol. The number of rotatable bonds is 6. The van der Waals surface area contributed by atoms with E-state index in [-0.39, 0.29) is 18.0 Å². The second-order valence-corrected chi connectivity index (χ2v) is 6.39. The van der Waals surface area contributed by atoms with E-state index in [1.807, 2.05) is 0 Å². The SMILES string of the molecule is COc1ccc(NC(=O)CN(C)C(=O)/C=C/c2cc(Br)ccc2F)cc1. The van der Waals surface area contributed by atoms with Gasteiger partial charge >= 0.3 is 0 Å². The van der Waals surface area contributed by atoms with Gasteiger partial charge in [0.05, 0.1) is 13.7 Å². The zero-order valence-electron chi connectivity index (χ0n) is 14.3. The Balaban J connectivity index is 1.92. The number of methoxy groups -OCH3 is 1. The van der Waals surface area contributed by atoms with E-state index in [9.17, 15) is 14.0 Å². The van der Waals surface area contributed by atoms with Gasteiger partial charge in [0.25, 0.3) is 0 Å². The van der Waals surface area contributed by atoms with Gasteiger partial charge in [-0.15, -0.1) is 0 Å². The third-order valence-electron chi connectivity index (χ3n) is 3.49. The fourth-order valence-electron chi connectivity index (χ4n) is 2.10. The summed E-state index contributed by atoms with van der Waals surface area (Å²) < 4.78 is 19.4. The molecule has 0 atom stereocenters. The van der Waals surface area contributed by atoms with Crippen molar-refractivity contribution in [3.05, 3.63) is 64.4 Å². The summed E-state index contributed by atoms with van der Waals surface area (Å²) in [5, 5.41) is 2.69. The first-order valence-corrected chi connectivity index (χ1v) is 8.50. The molecule has 0 fully saturated rings. The Labute approximate surface area is 159 Å². The number of nitrogens with one attached hydrogen (secondary N) is 1. The minimum Gasteiger partial charge on any atom is -0.497 e. The molecule has 0 spiro atoms. The number of carbonyl (C=O) groups is 2. The fraction of sp³-hybridized carbons (Fsp3) is 0.158. The van der Waals surface area contributed by atoms with Gasteiger partial charge in [0.15, 0.2) is 0 Å². The van der Waals surface area contributed by atoms with Gasteiger partial charge in [-0.25, -0.2) is 4.39 Å². The van der Waals surface area contributed by atoms with Crippen molar-refractivity contribution in [1.29, 1.82) is 0 Å². The number of likely N-dealkylation sites (N-methyl/N-ethyl adjacent to an activating group) is 1. The number of amides is 2. The zero-order valence-corrected chi connectivity index (χ0v) is 15.9. The number of anilines is 1. The van der Waals surface area contributed by atoms with Crippen molar-refractivity contribution in [3.63, 3.8) is 0 Å². The van der Waals surface area contributed by atoms with Crippen molar-refractivity contribution in [2.24, 2.45) is 0 Å². The Bertz CT molecular complexity index is 822. The minimum atomic E-state index is -0.433. The Kier molecular flexibility index (Phi) is 6.91. The molecule has 0 aromatic heterocycles. The van der Waals surface area contributed by atoms with Crippen LogP contribution in [0.25, 0.3) is 6.08 Å². The van der Waals surface area contributed by atoms with Gasteiger partial charge in [-0.1, -0.05) is 15.9 Å². The lowest BCUT2D eigenvalue weighted by Gasteiger charge is -2.15. The first-order valence-electron chi connectivity index (χ1n) is 7.71. The lowest BCUT2D eigenvalue weighted by molar-refractivity contribution is -0.129. The van der Waals surface area contributed by atoms with Crippen LogP contribution in [0, 0.1) is 5.82 Å². The second-order valence-electron chi connectivity index (χ2n) is 5.47. The molecule has 2 amide bonds. The largest absolute Gasteiger partial charge is 0.497 e. The van der Waals surface area contributed by atoms with Crippen LogP contribution in [0.5, 0.6) is 5.75 Å². The van der Waals surface area contributed by atoms with E-state index in [1.54, 1.807) is 43.5 Å². The highest BCUT2D eigenvalue weighted by Crippen LogP contribution is 2.17. The predicted molar refractivity (Wildman–Crippen MR) is 102 cm³/mol. The molecule has 0 aliphatic carbocycles. The van der Waals surface area contributed by atoms with Crippen LogP contribution in [-0.2, 0) is 9.59 Å². The molecule has 0 heterocycles. The molecule has 0 saturated heterocycles. The number of hydrogen-bond donors (Lipinski definition) is 1. The number of carbonyl (C=O) groups excluding carboxylic acids is 2. The van der Waals surface area contributed by atoms with E-state index in [1.165, 1.54) is 30.2 Å². The summed E-state index contributed by atoms with van der Waals surface area (Å²) in [7, 11) is 3.05. The average Bonchev–Trinajstić information content (AvgIpc) is 2.62. The van der Waals surface area contributed by atoms with Crippen LogP contribution in [0.2, 0.25) is 0 Å². The second kappa shape index (κ2) is 9.15. The third kappa shape index (κ3) is 5.70. The van der Waals surface area contributed by atoms with Crippen LogP contribution in [0.15, 0.2) is 53.0 Å². The quantitative estimate of drug-likeness (QED) is 0.724. The van der Waals surface area contributed by atoms with Crippen molar-refractivity contribution in [1.82, 2.24) is 4.90 Å². The molecule has 0 aliphatic heterocycles. The van der Waals surface area contributed by atoms with Crippen molar-refractivity contribution in [2.75, 3.05) is 26.0 Å². The molecule has 0 radical (unpaired) electrons. The molecule has 0 bridgehead atoms. The van der Waals surface area contributed by atoms with Gasteiger partial charge in [0.1, 0.15) is 11.6 Å². The average molecular weight is 421 g/mol. The van der Waals surface area contributed by atoms with Gasteiger partial charge in [0, 0.05) is 28.8 Å². The molecule has 2 rings (SSSR count). The summed E-state index contributed by atoms with van der Waals surface area (Å²) in [4.78, 5) is 25.4. The van der Waals surface area contributed by atoms with E-state index >= 15 is 0 Å². The van der Waals surface area contributed by atoms with Gasteiger partial charge in [-0.05, 0) is 48.5 Å². The highest BCUT2D eigenvalue weighted by Gasteiger charge is 2.11. The topological polar surface area (TPSA) is 58.6 Å². The first kappa shape index (κ1) is 19.7. The van der Waals surface area contributed by atoms with Crippen molar-refractivity contribution in [2.45, 2.75) is 0 Å². The molecule has 2 aromatic carbocycles. The highest BCUT2D eigenvalue weighted by atomic mass is 79.9. The van der Waals surface area contributed by atoms with Crippen molar-refractivity contribution < 1.29 is 18.7 Å². The van der Waals surface area contributed by atoms with Crippen LogP contribution < -0.4 is 10.1 Å². The number of benzene rings is 2. The minimum absolute atomic E-state index is 0.129. The molecule has 5 nitrogen and oxygen atoms in total. The third-order valence-corrected chi connectivity index (χ3v) is 3.99. The maximum atomic E-state index is 13.7. The van der Waals surface area contributed by atoms with Crippen molar-refractivity contribution >= 4 is 39.5 Å². The molecule has 0 unspecified atom stereocenters. The summed E-state index contributed by atoms with van der Waals surface area (Å²) in [6.45, 7) is -0.129. The smallest absolute Gasteiger partial charge is 0.246 e. The molecule has 2 aromatic rings. The Morgan fingerprint density at radius 2 is 1.92 bits per heavy atom. The predicted octanol–water partition coefficient (Wildman–Crippen LogP) is 3.71. The van der Waals surface area contributed by atoms with Gasteiger partial charge in [-0.2, -0.15) is 0 Å². The fourth-order valence-corrected chi connectivity index (χ4v) is 2.48. The van der Waals surface area contributed by atoms with Gasteiger partial charge in [-0.3, -0.25) is 9.59 Å². The molecule has 1 N–H and O–H groups in total. The standard InChI is InChI=1S/C19H18BrFN2O3/c1-23(12-18(24)22-15-5-7-16(26-2)8-6-15)19(25)10-3-13-11-14(20)4-9-17(13)21/h3-11H,12H2,1-2H3,(H,22,24)/b10-3+. The molecule has 0 aliphatic rings. The maximum Gasteiger partial charge on any atom is 0.246 e. The van der Waals surface area contributed by atoms with Crippen LogP contribution >= 0.6 is 15.9 Å². The maximum absolute atomic E-state index is 13.7. The number of hydrogen-bond acceptors (Lipinski definition) is 3. The molecule has 7 heteroatoms. The Morgan fingerprint density at radius 3 is 2.58 bits per heavy atom. The number of halogens is 2. The summed E-state index contributed by atoms with van der Waals surface area (Å²) in [5.41, 5.74) is 0.882. The first-order chi connectivity index (χ1) is 12.4. The summed E-state index contributed by atoms with van der Waals surface area (Å²) >= 11 is 3.25. The Morgan fingerprint density at radius 1 is 1.23 bits per heavy atom. The lowest BCUT2D eigenvalue weighted by atomic mass is 10.2. The summed E-state index contributed by atoms with van der Waals surface area (Å²) in [5.74, 6) is -0.500. The van der Waals surface area contributed by atoms with Crippen LogP contribution in [-0.4, -0.2) is 37.4 Å². The molecule has 0 saturated carbocycles. The van der Waals surface area contributed by atoms with Crippen LogP contribution in [0.3, 0.4) is 0 Å². The molecule has 136 valence electrons. The lowest BCUT2D eigenvalue weighted by Crippen LogP contribution is -2.33. The van der Waals surface area contributed by atoms with Crippen LogP contribution in [0.1, 0.15) is 5.56 Å². The van der Waals surface area contributed by atoms with Crippen molar-refractivity contribution in [3.8, 4) is 5.75 Å². The number of ether oxygens (including phenoxy) is 1. The van der Waals surface area contributed by atoms with E-state index < -0.39 is 11.7 Å². The highest BCUT2D eigenvalue weighted by molar-refractivity contribution is 9.10. The van der Waals surface area contributed by atoms with E-state index in [2.05, 4.69) is 21.2 Å². The monoisotopic (exact) mass is 420 g/mol. The normalized spacial score (nSPS) is 10.6. The zero-order chi connectivity index (χ0) is 19.1. The number of nitrogens with zero attached hydrogens (tertiary/aromatic N) is 1.